The third-order valence-electron chi connectivity index (χ3n) is 4.27. The highest BCUT2D eigenvalue weighted by Crippen LogP contribution is 2.40. The summed E-state index contributed by atoms with van der Waals surface area (Å²) >= 11 is 1.84. The van der Waals surface area contributed by atoms with Crippen LogP contribution in [0.25, 0.3) is 0 Å². The first-order valence-electron chi connectivity index (χ1n) is 7.47. The molecule has 20 heavy (non-hydrogen) atoms. The Morgan fingerprint density at radius 1 is 1.10 bits per heavy atom. The van der Waals surface area contributed by atoms with Gasteiger partial charge in [-0.2, -0.15) is 0 Å². The summed E-state index contributed by atoms with van der Waals surface area (Å²) in [6.07, 6.45) is 5.23. The summed E-state index contributed by atoms with van der Waals surface area (Å²) in [7, 11) is 1.71. The second kappa shape index (κ2) is 6.71. The summed E-state index contributed by atoms with van der Waals surface area (Å²) in [6.45, 7) is 7.12. The monoisotopic (exact) mass is 290 g/mol. The van der Waals surface area contributed by atoms with Gasteiger partial charge in [-0.15, -0.1) is 0 Å². The maximum absolute atomic E-state index is 5.18. The molecule has 0 atom stereocenters. The highest BCUT2D eigenvalue weighted by molar-refractivity contribution is 8.02. The lowest BCUT2D eigenvalue weighted by atomic mass is 9.71. The van der Waals surface area contributed by atoms with Crippen LogP contribution < -0.4 is 4.74 Å². The minimum absolute atomic E-state index is 0.467. The molecule has 0 aliphatic heterocycles. The second-order valence-corrected chi connectivity index (χ2v) is 7.65. The van der Waals surface area contributed by atoms with Crippen molar-refractivity contribution in [2.75, 3.05) is 7.11 Å². The molecule has 0 saturated heterocycles. The average Bonchev–Trinajstić information content (AvgIpc) is 2.45. The van der Waals surface area contributed by atoms with E-state index in [0.717, 1.165) is 11.7 Å². The largest absolute Gasteiger partial charge is 0.497 e. The third kappa shape index (κ3) is 4.31. The first-order valence-corrected chi connectivity index (χ1v) is 8.35. The minimum Gasteiger partial charge on any atom is -0.497 e. The van der Waals surface area contributed by atoms with E-state index in [0.29, 0.717) is 5.41 Å². The Morgan fingerprint density at radius 2 is 1.70 bits per heavy atom. The quantitative estimate of drug-likeness (QED) is 0.640. The van der Waals surface area contributed by atoms with Crippen LogP contribution in [0.4, 0.5) is 0 Å². The van der Waals surface area contributed by atoms with Crippen LogP contribution in [0.3, 0.4) is 0 Å². The zero-order valence-electron chi connectivity index (χ0n) is 13.1. The normalized spacial score (nSPS) is 19.8. The summed E-state index contributed by atoms with van der Waals surface area (Å²) in [5, 5.41) is 2.36. The van der Waals surface area contributed by atoms with Gasteiger partial charge in [0, 0.05) is 4.90 Å². The summed E-state index contributed by atoms with van der Waals surface area (Å²) in [4.78, 5) is 1.29. The van der Waals surface area contributed by atoms with Gasteiger partial charge in [0.1, 0.15) is 5.75 Å². The maximum atomic E-state index is 5.18. The molecule has 1 saturated carbocycles. The lowest BCUT2D eigenvalue weighted by Gasteiger charge is -2.34. The lowest BCUT2D eigenvalue weighted by molar-refractivity contribution is 0.197. The van der Waals surface area contributed by atoms with Gasteiger partial charge in [0.15, 0.2) is 0 Å². The number of benzene rings is 1. The second-order valence-electron chi connectivity index (χ2n) is 6.71. The van der Waals surface area contributed by atoms with Crippen LogP contribution in [-0.4, -0.2) is 7.11 Å². The fraction of sp³-hybridized carbons (Fsp3) is 0.556. The molecule has 0 amide bonds. The van der Waals surface area contributed by atoms with Crippen molar-refractivity contribution in [1.29, 1.82) is 0 Å². The summed E-state index contributed by atoms with van der Waals surface area (Å²) in [5.74, 6) is 1.80. The van der Waals surface area contributed by atoms with Crippen molar-refractivity contribution >= 4 is 11.8 Å². The molecule has 0 unspecified atom stereocenters. The third-order valence-corrected chi connectivity index (χ3v) is 5.27. The number of methoxy groups -OCH3 is 1. The Balaban J connectivity index is 1.87. The van der Waals surface area contributed by atoms with Crippen LogP contribution in [0.2, 0.25) is 0 Å². The predicted octanol–water partition coefficient (Wildman–Crippen LogP) is 5.91. The molecule has 1 nitrogen and oxygen atoms in total. The molecular formula is C18H26OS. The predicted molar refractivity (Wildman–Crippen MR) is 88.3 cm³/mol. The number of hydrogen-bond acceptors (Lipinski definition) is 2. The van der Waals surface area contributed by atoms with E-state index in [1.165, 1.54) is 30.6 Å². The van der Waals surface area contributed by atoms with Crippen LogP contribution in [0.15, 0.2) is 40.1 Å². The fourth-order valence-corrected chi connectivity index (χ4v) is 3.61. The van der Waals surface area contributed by atoms with Crippen molar-refractivity contribution in [3.8, 4) is 5.75 Å². The molecule has 1 aliphatic rings. The van der Waals surface area contributed by atoms with Gasteiger partial charge in [-0.25, -0.2) is 0 Å². The van der Waals surface area contributed by atoms with Crippen molar-refractivity contribution in [3.63, 3.8) is 0 Å². The molecule has 0 N–H and O–H groups in total. The molecule has 0 radical (unpaired) electrons. The molecule has 1 aliphatic carbocycles. The number of hydrogen-bond donors (Lipinski definition) is 0. The van der Waals surface area contributed by atoms with E-state index in [4.69, 9.17) is 4.74 Å². The molecule has 0 spiro atoms. The zero-order chi connectivity index (χ0) is 14.6. The molecule has 110 valence electrons. The van der Waals surface area contributed by atoms with E-state index >= 15 is 0 Å². The number of allylic oxidation sites excluding steroid dienone is 1. The molecule has 0 bridgehead atoms. The fourth-order valence-electron chi connectivity index (χ4n) is 2.78. The lowest BCUT2D eigenvalue weighted by Crippen LogP contribution is -2.23. The van der Waals surface area contributed by atoms with Crippen LogP contribution >= 0.6 is 11.8 Å². The first kappa shape index (κ1) is 15.5. The molecule has 1 aromatic rings. The molecule has 1 aromatic carbocycles. The zero-order valence-corrected chi connectivity index (χ0v) is 13.9. The van der Waals surface area contributed by atoms with Crippen LogP contribution in [-0.2, 0) is 0 Å². The number of ether oxygens (including phenoxy) is 1. The van der Waals surface area contributed by atoms with E-state index in [1.807, 2.05) is 23.9 Å². The Hall–Kier alpha value is -0.890. The Kier molecular flexibility index (Phi) is 5.20. The Morgan fingerprint density at radius 3 is 2.20 bits per heavy atom. The van der Waals surface area contributed by atoms with Gasteiger partial charge in [0.05, 0.1) is 7.11 Å². The smallest absolute Gasteiger partial charge is 0.118 e. The van der Waals surface area contributed by atoms with Gasteiger partial charge < -0.3 is 4.74 Å². The van der Waals surface area contributed by atoms with Crippen molar-refractivity contribution in [1.82, 2.24) is 0 Å². The van der Waals surface area contributed by atoms with Crippen molar-refractivity contribution < 1.29 is 4.74 Å². The van der Waals surface area contributed by atoms with Gasteiger partial charge in [-0.05, 0) is 66.7 Å². The van der Waals surface area contributed by atoms with Gasteiger partial charge in [-0.3, -0.25) is 0 Å². The van der Waals surface area contributed by atoms with Crippen molar-refractivity contribution in [2.24, 2.45) is 11.3 Å². The van der Waals surface area contributed by atoms with Crippen LogP contribution in [0.5, 0.6) is 5.75 Å². The molecule has 2 heteroatoms. The van der Waals surface area contributed by atoms with E-state index < -0.39 is 0 Å². The van der Waals surface area contributed by atoms with Gasteiger partial charge >= 0.3 is 0 Å². The molecule has 0 aromatic heterocycles. The molecule has 1 fully saturated rings. The minimum atomic E-state index is 0.467. The van der Waals surface area contributed by atoms with E-state index in [2.05, 4.69) is 38.3 Å². The van der Waals surface area contributed by atoms with Gasteiger partial charge in [0.2, 0.25) is 0 Å². The highest BCUT2D eigenvalue weighted by Gasteiger charge is 2.27. The summed E-state index contributed by atoms with van der Waals surface area (Å²) < 4.78 is 5.18. The van der Waals surface area contributed by atoms with Crippen LogP contribution in [0, 0.1) is 11.3 Å². The number of thioether (sulfide) groups is 1. The summed E-state index contributed by atoms with van der Waals surface area (Å²) in [6, 6.07) is 8.30. The SMILES string of the molecule is COc1ccc(SC=C2CCC(C(C)(C)C)CC2)cc1. The highest BCUT2D eigenvalue weighted by atomic mass is 32.2. The topological polar surface area (TPSA) is 9.23 Å². The molecule has 0 heterocycles. The summed E-state index contributed by atoms with van der Waals surface area (Å²) in [5.41, 5.74) is 2.08. The van der Waals surface area contributed by atoms with Crippen molar-refractivity contribution in [3.05, 3.63) is 35.2 Å². The maximum Gasteiger partial charge on any atom is 0.118 e. The van der Waals surface area contributed by atoms with Gasteiger partial charge in [0.25, 0.3) is 0 Å². The molecular weight excluding hydrogens is 264 g/mol. The van der Waals surface area contributed by atoms with Crippen molar-refractivity contribution in [2.45, 2.75) is 51.3 Å². The average molecular weight is 290 g/mol. The van der Waals surface area contributed by atoms with E-state index in [9.17, 15) is 0 Å². The Bertz CT molecular complexity index is 443. The standard InChI is InChI=1S/C18H26OS/c1-18(2,3)15-7-5-14(6-8-15)13-20-17-11-9-16(19-4)10-12-17/h9-13,15H,5-8H2,1-4H3. The Labute approximate surface area is 127 Å². The van der Waals surface area contributed by atoms with Gasteiger partial charge in [-0.1, -0.05) is 38.1 Å². The van der Waals surface area contributed by atoms with E-state index in [1.54, 1.807) is 12.7 Å². The number of rotatable bonds is 3. The molecule has 2 rings (SSSR count). The van der Waals surface area contributed by atoms with E-state index in [-0.39, 0.29) is 0 Å². The first-order chi connectivity index (χ1) is 9.49. The van der Waals surface area contributed by atoms with Crippen LogP contribution in [0.1, 0.15) is 46.5 Å².